The van der Waals surface area contributed by atoms with Crippen molar-refractivity contribution in [2.45, 2.75) is 12.5 Å². The second-order valence-corrected chi connectivity index (χ2v) is 3.33. The molecular weight excluding hydrogens is 184 g/mol. The van der Waals surface area contributed by atoms with Crippen LogP contribution in [0.1, 0.15) is 6.42 Å². The average Bonchev–Trinajstić information content (AvgIpc) is 2.07. The van der Waals surface area contributed by atoms with Gasteiger partial charge in [-0.15, -0.1) is 0 Å². The van der Waals surface area contributed by atoms with Crippen LogP contribution in [0.2, 0.25) is 0 Å². The molecule has 6 heteroatoms. The molecule has 0 unspecified atom stereocenters. The van der Waals surface area contributed by atoms with Crippen molar-refractivity contribution in [3.05, 3.63) is 0 Å². The Bertz CT molecular complexity index is 225. The number of likely N-dealkylation sites (tertiary alicyclic amines) is 1. The van der Waals surface area contributed by atoms with E-state index in [2.05, 4.69) is 10.6 Å². The molecule has 0 bridgehead atoms. The molecule has 1 aliphatic rings. The minimum absolute atomic E-state index is 0.0575. The molecule has 4 N–H and O–H groups in total. The number of rotatable bonds is 4. The lowest BCUT2D eigenvalue weighted by Gasteiger charge is -2.39. The highest BCUT2D eigenvalue weighted by atomic mass is 16.2. The van der Waals surface area contributed by atoms with E-state index in [-0.39, 0.29) is 11.9 Å². The van der Waals surface area contributed by atoms with E-state index >= 15 is 0 Å². The fourth-order valence-corrected chi connectivity index (χ4v) is 1.33. The maximum atomic E-state index is 11.0. The molecule has 0 radical (unpaired) electrons. The molecule has 0 aromatic carbocycles. The van der Waals surface area contributed by atoms with Crippen LogP contribution in [0.15, 0.2) is 0 Å². The van der Waals surface area contributed by atoms with Gasteiger partial charge in [0.25, 0.3) is 0 Å². The van der Waals surface area contributed by atoms with Gasteiger partial charge in [0.15, 0.2) is 0 Å². The number of primary amides is 1. The van der Waals surface area contributed by atoms with Gasteiger partial charge in [0.1, 0.15) is 0 Å². The summed E-state index contributed by atoms with van der Waals surface area (Å²) < 4.78 is 0. The normalized spacial score (nSPS) is 16.2. The molecule has 0 aliphatic carbocycles. The Morgan fingerprint density at radius 2 is 2.14 bits per heavy atom. The lowest BCUT2D eigenvalue weighted by atomic mass is 10.1. The summed E-state index contributed by atoms with van der Waals surface area (Å²) in [6.45, 7) is 1.97. The molecule has 14 heavy (non-hydrogen) atoms. The fraction of sp³-hybridized carbons (Fsp3) is 0.750. The molecule has 1 saturated heterocycles. The maximum absolute atomic E-state index is 11.0. The Morgan fingerprint density at radius 1 is 1.50 bits per heavy atom. The van der Waals surface area contributed by atoms with E-state index in [1.54, 1.807) is 11.9 Å². The van der Waals surface area contributed by atoms with Gasteiger partial charge in [-0.3, -0.25) is 4.79 Å². The molecule has 80 valence electrons. The molecule has 6 nitrogen and oxygen atoms in total. The van der Waals surface area contributed by atoms with Crippen molar-refractivity contribution < 1.29 is 9.59 Å². The van der Waals surface area contributed by atoms with Gasteiger partial charge in [-0.1, -0.05) is 0 Å². The molecule has 0 aromatic heterocycles. The van der Waals surface area contributed by atoms with E-state index in [4.69, 9.17) is 5.73 Å². The quantitative estimate of drug-likeness (QED) is 0.515. The average molecular weight is 200 g/mol. The SMILES string of the molecule is CNC(=O)N1CC(NCCC(N)=O)C1. The van der Waals surface area contributed by atoms with Crippen molar-refractivity contribution >= 4 is 11.9 Å². The summed E-state index contributed by atoms with van der Waals surface area (Å²) >= 11 is 0. The number of amides is 3. The maximum Gasteiger partial charge on any atom is 0.317 e. The Labute approximate surface area is 82.8 Å². The third-order valence-electron chi connectivity index (χ3n) is 2.19. The first kappa shape index (κ1) is 10.8. The van der Waals surface area contributed by atoms with E-state index in [0.717, 1.165) is 0 Å². The van der Waals surface area contributed by atoms with Crippen LogP contribution in [0.5, 0.6) is 0 Å². The lowest BCUT2D eigenvalue weighted by Crippen LogP contribution is -2.61. The molecule has 0 aromatic rings. The molecule has 1 rings (SSSR count). The molecular formula is C8H16N4O2. The number of urea groups is 1. The third kappa shape index (κ3) is 2.88. The third-order valence-corrected chi connectivity index (χ3v) is 2.19. The minimum Gasteiger partial charge on any atom is -0.370 e. The fourth-order valence-electron chi connectivity index (χ4n) is 1.33. The van der Waals surface area contributed by atoms with Gasteiger partial charge in [0, 0.05) is 39.1 Å². The number of carbonyl (C=O) groups is 2. The second-order valence-electron chi connectivity index (χ2n) is 3.33. The standard InChI is InChI=1S/C8H16N4O2/c1-10-8(14)12-4-6(5-12)11-3-2-7(9)13/h6,11H,2-5H2,1H3,(H2,9,13)(H,10,14). The van der Waals surface area contributed by atoms with Gasteiger partial charge in [-0.25, -0.2) is 4.79 Å². The predicted octanol–water partition coefficient (Wildman–Crippen LogP) is -1.52. The predicted molar refractivity (Wildman–Crippen MR) is 51.6 cm³/mol. The highest BCUT2D eigenvalue weighted by Gasteiger charge is 2.29. The van der Waals surface area contributed by atoms with Gasteiger partial charge < -0.3 is 21.3 Å². The van der Waals surface area contributed by atoms with E-state index < -0.39 is 0 Å². The minimum atomic E-state index is -0.306. The van der Waals surface area contributed by atoms with Crippen molar-refractivity contribution in [3.8, 4) is 0 Å². The first-order valence-electron chi connectivity index (χ1n) is 4.62. The van der Waals surface area contributed by atoms with Crippen LogP contribution in [0.3, 0.4) is 0 Å². The smallest absolute Gasteiger partial charge is 0.317 e. The Morgan fingerprint density at radius 3 is 2.64 bits per heavy atom. The molecule has 1 heterocycles. The molecule has 3 amide bonds. The van der Waals surface area contributed by atoms with Crippen LogP contribution < -0.4 is 16.4 Å². The van der Waals surface area contributed by atoms with Crippen LogP contribution in [-0.4, -0.2) is 49.6 Å². The number of nitrogens with zero attached hydrogens (tertiary/aromatic N) is 1. The number of nitrogens with one attached hydrogen (secondary N) is 2. The summed E-state index contributed by atoms with van der Waals surface area (Å²) in [6, 6.07) is 0.240. The molecule has 0 atom stereocenters. The Hall–Kier alpha value is -1.30. The zero-order chi connectivity index (χ0) is 10.6. The summed E-state index contributed by atoms with van der Waals surface area (Å²) in [5.41, 5.74) is 4.98. The van der Waals surface area contributed by atoms with Crippen LogP contribution in [-0.2, 0) is 4.79 Å². The zero-order valence-electron chi connectivity index (χ0n) is 8.25. The first-order valence-corrected chi connectivity index (χ1v) is 4.62. The highest BCUT2D eigenvalue weighted by molar-refractivity contribution is 5.75. The van der Waals surface area contributed by atoms with Gasteiger partial charge in [0.05, 0.1) is 0 Å². The molecule has 1 aliphatic heterocycles. The van der Waals surface area contributed by atoms with Gasteiger partial charge >= 0.3 is 6.03 Å². The largest absolute Gasteiger partial charge is 0.370 e. The van der Waals surface area contributed by atoms with Crippen molar-refractivity contribution in [1.82, 2.24) is 15.5 Å². The highest BCUT2D eigenvalue weighted by Crippen LogP contribution is 2.06. The van der Waals surface area contributed by atoms with Crippen LogP contribution >= 0.6 is 0 Å². The Kier molecular flexibility index (Phi) is 3.70. The van der Waals surface area contributed by atoms with Crippen LogP contribution in [0.25, 0.3) is 0 Å². The monoisotopic (exact) mass is 200 g/mol. The summed E-state index contributed by atoms with van der Waals surface area (Å²) in [7, 11) is 1.61. The van der Waals surface area contributed by atoms with Crippen molar-refractivity contribution in [2.24, 2.45) is 5.73 Å². The summed E-state index contributed by atoms with van der Waals surface area (Å²) in [5, 5.41) is 5.68. The van der Waals surface area contributed by atoms with E-state index in [1.807, 2.05) is 0 Å². The number of hydrogen-bond donors (Lipinski definition) is 3. The lowest BCUT2D eigenvalue weighted by molar-refractivity contribution is -0.117. The van der Waals surface area contributed by atoms with Gasteiger partial charge in [-0.05, 0) is 0 Å². The topological polar surface area (TPSA) is 87.5 Å². The molecule has 0 spiro atoms. The first-order chi connectivity index (χ1) is 6.63. The summed E-state index contributed by atoms with van der Waals surface area (Å²) in [4.78, 5) is 23.1. The number of carbonyl (C=O) groups excluding carboxylic acids is 2. The van der Waals surface area contributed by atoms with Gasteiger partial charge in [-0.2, -0.15) is 0 Å². The summed E-state index contributed by atoms with van der Waals surface area (Å²) in [5.74, 6) is -0.306. The second kappa shape index (κ2) is 4.80. The van der Waals surface area contributed by atoms with E-state index in [9.17, 15) is 9.59 Å². The van der Waals surface area contributed by atoms with Crippen LogP contribution in [0, 0.1) is 0 Å². The van der Waals surface area contributed by atoms with Crippen molar-refractivity contribution in [1.29, 1.82) is 0 Å². The number of hydrogen-bond acceptors (Lipinski definition) is 3. The van der Waals surface area contributed by atoms with Gasteiger partial charge in [0.2, 0.25) is 5.91 Å². The number of nitrogens with two attached hydrogens (primary N) is 1. The van der Waals surface area contributed by atoms with E-state index in [1.165, 1.54) is 0 Å². The molecule has 0 saturated carbocycles. The Balaban J connectivity index is 2.04. The van der Waals surface area contributed by atoms with Crippen LogP contribution in [0.4, 0.5) is 4.79 Å². The summed E-state index contributed by atoms with van der Waals surface area (Å²) in [6.07, 6.45) is 0.344. The van der Waals surface area contributed by atoms with Crippen molar-refractivity contribution in [3.63, 3.8) is 0 Å². The zero-order valence-corrected chi connectivity index (χ0v) is 8.25. The molecule has 1 fully saturated rings. The van der Waals surface area contributed by atoms with E-state index in [0.29, 0.717) is 32.1 Å². The van der Waals surface area contributed by atoms with Crippen molar-refractivity contribution in [2.75, 3.05) is 26.7 Å².